The third-order valence-corrected chi connectivity index (χ3v) is 9.74. The minimum Gasteiger partial charge on any atom is -0.461 e. The van der Waals surface area contributed by atoms with Gasteiger partial charge in [0.25, 0.3) is 0 Å². The summed E-state index contributed by atoms with van der Waals surface area (Å²) < 4.78 is 55.1. The summed E-state index contributed by atoms with van der Waals surface area (Å²) in [6, 6.07) is 26.8. The maximum Gasteiger partial charge on any atom is 0.573 e. The van der Waals surface area contributed by atoms with Gasteiger partial charge >= 0.3 is 18.4 Å². The molecule has 1 fully saturated rings. The van der Waals surface area contributed by atoms with Gasteiger partial charge in [0, 0.05) is 24.2 Å². The van der Waals surface area contributed by atoms with Gasteiger partial charge in [-0.2, -0.15) is 4.99 Å². The molecule has 4 aromatic carbocycles. The molecule has 0 radical (unpaired) electrons. The van der Waals surface area contributed by atoms with E-state index >= 15 is 0 Å². The van der Waals surface area contributed by atoms with Gasteiger partial charge < -0.3 is 14.2 Å². The van der Waals surface area contributed by atoms with E-state index in [2.05, 4.69) is 28.7 Å². The molecule has 1 aliphatic rings. The first kappa shape index (κ1) is 41.7. The Morgan fingerprint density at radius 3 is 2.33 bits per heavy atom. The maximum atomic E-state index is 13.9. The maximum absolute atomic E-state index is 13.9. The average molecular weight is 813 g/mol. The van der Waals surface area contributed by atoms with Crippen molar-refractivity contribution >= 4 is 40.5 Å². The van der Waals surface area contributed by atoms with Crippen LogP contribution in [0.2, 0.25) is 0 Å². The number of halogens is 3. The molecule has 58 heavy (non-hydrogen) atoms. The molecule has 2 heterocycles. The van der Waals surface area contributed by atoms with E-state index in [4.69, 9.17) is 19.5 Å². The van der Waals surface area contributed by atoms with Crippen molar-refractivity contribution in [1.82, 2.24) is 14.8 Å². The van der Waals surface area contributed by atoms with Gasteiger partial charge in [-0.25, -0.2) is 19.5 Å². The second-order valence-corrected chi connectivity index (χ2v) is 15.1. The minimum atomic E-state index is -4.79. The molecule has 0 spiro atoms. The number of hydrogen-bond acceptors (Lipinski definition) is 9. The highest BCUT2D eigenvalue weighted by molar-refractivity contribution is 8.14. The SMILES string of the molecule is Cc1ccc(C(C)C)c(N2C(=O)CCSC2=NC(=NC(Cc2ccc(-c3ncn(-c4ccc(OC(F)(F)F)cc4)n3)cc2)C(=O)OCc2ccccc2)OC(C)C)c1. The van der Waals surface area contributed by atoms with Crippen LogP contribution in [0.5, 0.6) is 5.75 Å². The van der Waals surface area contributed by atoms with Crippen LogP contribution in [-0.2, 0) is 32.1 Å². The predicted molar refractivity (Wildman–Crippen MR) is 218 cm³/mol. The molecule has 6 rings (SSSR count). The Bertz CT molecular complexity index is 2260. The van der Waals surface area contributed by atoms with Crippen molar-refractivity contribution in [2.45, 2.75) is 78.5 Å². The molecular weight excluding hydrogens is 770 g/mol. The molecule has 0 saturated carbocycles. The van der Waals surface area contributed by atoms with Crippen molar-refractivity contribution in [3.63, 3.8) is 0 Å². The summed E-state index contributed by atoms with van der Waals surface area (Å²) in [7, 11) is 0. The molecule has 0 N–H and O–H groups in total. The highest BCUT2D eigenvalue weighted by Gasteiger charge is 2.32. The van der Waals surface area contributed by atoms with Crippen LogP contribution in [0.4, 0.5) is 18.9 Å². The molecule has 1 amide bonds. The Balaban J connectivity index is 1.29. The summed E-state index contributed by atoms with van der Waals surface area (Å²) >= 11 is 1.42. The van der Waals surface area contributed by atoms with E-state index in [0.29, 0.717) is 34.4 Å². The number of ether oxygens (including phenoxy) is 3. The zero-order chi connectivity index (χ0) is 41.4. The molecule has 1 aromatic heterocycles. The van der Waals surface area contributed by atoms with Crippen molar-refractivity contribution in [2.24, 2.45) is 9.98 Å². The molecule has 15 heteroatoms. The highest BCUT2D eigenvalue weighted by atomic mass is 32.2. The number of alkyl halides is 3. The van der Waals surface area contributed by atoms with Gasteiger partial charge in [0.2, 0.25) is 5.91 Å². The largest absolute Gasteiger partial charge is 0.573 e. The first-order chi connectivity index (χ1) is 27.7. The zero-order valence-corrected chi connectivity index (χ0v) is 33.5. The van der Waals surface area contributed by atoms with Gasteiger partial charge in [-0.3, -0.25) is 9.69 Å². The topological polar surface area (TPSA) is 120 Å². The smallest absolute Gasteiger partial charge is 0.461 e. The lowest BCUT2D eigenvalue weighted by atomic mass is 9.98. The summed E-state index contributed by atoms with van der Waals surface area (Å²) in [6.45, 7) is 9.83. The van der Waals surface area contributed by atoms with E-state index < -0.39 is 18.4 Å². The van der Waals surface area contributed by atoms with E-state index in [9.17, 15) is 22.8 Å². The number of aromatic nitrogens is 3. The number of anilines is 1. The number of carbonyl (C=O) groups excluding carboxylic acids is 2. The Labute approximate surface area is 339 Å². The minimum absolute atomic E-state index is 0.0371. The third kappa shape index (κ3) is 11.1. The Morgan fingerprint density at radius 1 is 0.931 bits per heavy atom. The fourth-order valence-corrected chi connectivity index (χ4v) is 6.95. The second-order valence-electron chi connectivity index (χ2n) is 14.1. The summed E-state index contributed by atoms with van der Waals surface area (Å²) in [6.07, 6.45) is -3.23. The van der Waals surface area contributed by atoms with E-state index in [1.54, 1.807) is 17.0 Å². The quantitative estimate of drug-likeness (QED) is 0.0695. The van der Waals surface area contributed by atoms with Crippen LogP contribution >= 0.6 is 11.8 Å². The van der Waals surface area contributed by atoms with Gasteiger partial charge in [0.05, 0.1) is 17.5 Å². The molecule has 302 valence electrons. The Kier molecular flexibility index (Phi) is 13.3. The highest BCUT2D eigenvalue weighted by Crippen LogP contribution is 2.34. The molecule has 0 aliphatic carbocycles. The van der Waals surface area contributed by atoms with Crippen LogP contribution in [0.3, 0.4) is 0 Å². The van der Waals surface area contributed by atoms with Crippen LogP contribution in [0.25, 0.3) is 17.1 Å². The standard InChI is InChI=1S/C43H43F3N6O5S/c1-27(2)35-20-11-29(5)23-37(35)52-38(53)21-22-58-42(52)49-41(56-28(3)4)48-36(40(54)55-25-31-9-7-6-8-10-31)24-30-12-14-32(15-13-30)39-47-26-51(50-39)33-16-18-34(19-17-33)57-43(44,45)46/h6-20,23,26-28,36H,21-22,24-25H2,1-5H3. The number of nitrogens with zero attached hydrogens (tertiary/aromatic N) is 6. The molecule has 5 aromatic rings. The average Bonchev–Trinajstić information content (AvgIpc) is 3.67. The van der Waals surface area contributed by atoms with E-state index in [1.807, 2.05) is 81.4 Å². The van der Waals surface area contributed by atoms with Crippen molar-refractivity contribution in [3.05, 3.63) is 126 Å². The Hall–Kier alpha value is -5.96. The lowest BCUT2D eigenvalue weighted by molar-refractivity contribution is -0.274. The molecule has 1 saturated heterocycles. The van der Waals surface area contributed by atoms with E-state index in [0.717, 1.165) is 27.9 Å². The number of carbonyl (C=O) groups is 2. The summed E-state index contributed by atoms with van der Waals surface area (Å²) in [5, 5.41) is 4.89. The molecule has 1 atom stereocenters. The molecule has 1 unspecified atom stereocenters. The first-order valence-corrected chi connectivity index (χ1v) is 19.7. The fourth-order valence-electron chi connectivity index (χ4n) is 6.02. The van der Waals surface area contributed by atoms with Crippen LogP contribution < -0.4 is 9.64 Å². The normalized spacial score (nSPS) is 14.9. The summed E-state index contributed by atoms with van der Waals surface area (Å²) in [4.78, 5) is 43.0. The predicted octanol–water partition coefficient (Wildman–Crippen LogP) is 9.23. The number of aryl methyl sites for hydroxylation is 1. The molecule has 1 aliphatic heterocycles. The summed E-state index contributed by atoms with van der Waals surface area (Å²) in [5.41, 5.74) is 5.46. The molecular formula is C43H43F3N6O5S. The number of amidine groups is 2. The van der Waals surface area contributed by atoms with Crippen LogP contribution in [0.15, 0.2) is 113 Å². The number of amides is 1. The number of esters is 1. The molecule has 11 nitrogen and oxygen atoms in total. The monoisotopic (exact) mass is 812 g/mol. The van der Waals surface area contributed by atoms with Crippen LogP contribution in [-0.4, -0.2) is 62.1 Å². The van der Waals surface area contributed by atoms with E-state index in [1.165, 1.54) is 47.0 Å². The lowest BCUT2D eigenvalue weighted by Gasteiger charge is -2.30. The van der Waals surface area contributed by atoms with Crippen molar-refractivity contribution in [3.8, 4) is 22.8 Å². The van der Waals surface area contributed by atoms with Gasteiger partial charge in [-0.15, -0.1) is 18.3 Å². The number of benzene rings is 4. The second kappa shape index (κ2) is 18.5. The van der Waals surface area contributed by atoms with Gasteiger partial charge in [0.15, 0.2) is 17.0 Å². The number of aliphatic imine (C=N–C) groups is 2. The fraction of sp³-hybridized carbons (Fsp3) is 0.302. The first-order valence-electron chi connectivity index (χ1n) is 18.7. The van der Waals surface area contributed by atoms with Crippen molar-refractivity contribution in [1.29, 1.82) is 0 Å². The molecule has 0 bridgehead atoms. The zero-order valence-electron chi connectivity index (χ0n) is 32.6. The summed E-state index contributed by atoms with van der Waals surface area (Å²) in [5.74, 6) is 0.00984. The lowest BCUT2D eigenvalue weighted by Crippen LogP contribution is -2.40. The number of thioether (sulfide) groups is 1. The van der Waals surface area contributed by atoms with Gasteiger partial charge in [0.1, 0.15) is 18.7 Å². The van der Waals surface area contributed by atoms with Crippen molar-refractivity contribution in [2.75, 3.05) is 10.7 Å². The van der Waals surface area contributed by atoms with Crippen LogP contribution in [0.1, 0.15) is 62.3 Å². The number of rotatable bonds is 12. The third-order valence-electron chi connectivity index (χ3n) is 8.80. The van der Waals surface area contributed by atoms with Crippen LogP contribution in [0, 0.1) is 6.92 Å². The number of hydrogen-bond donors (Lipinski definition) is 0. The van der Waals surface area contributed by atoms with Crippen molar-refractivity contribution < 1.29 is 37.0 Å². The van der Waals surface area contributed by atoms with Gasteiger partial charge in [-0.1, -0.05) is 92.3 Å². The Morgan fingerprint density at radius 2 is 1.66 bits per heavy atom. The van der Waals surface area contributed by atoms with E-state index in [-0.39, 0.29) is 42.7 Å². The van der Waals surface area contributed by atoms with Gasteiger partial charge in [-0.05, 0) is 79.3 Å².